The molecule has 2 unspecified atom stereocenters. The molecule has 0 aliphatic carbocycles. The van der Waals surface area contributed by atoms with Gasteiger partial charge in [-0.3, -0.25) is 0 Å². The average molecular weight is 333 g/mol. The molecule has 1 aromatic carbocycles. The van der Waals surface area contributed by atoms with Crippen LogP contribution >= 0.6 is 15.9 Å². The molecule has 0 amide bonds. The Balaban J connectivity index is 2.40. The van der Waals surface area contributed by atoms with E-state index in [0.717, 1.165) is 12.8 Å². The maximum absolute atomic E-state index is 12.6. The van der Waals surface area contributed by atoms with Crippen molar-refractivity contribution in [2.75, 3.05) is 6.54 Å². The molecule has 1 aliphatic heterocycles. The Morgan fingerprint density at radius 1 is 1.39 bits per heavy atom. The monoisotopic (exact) mass is 332 g/mol. The van der Waals surface area contributed by atoms with Gasteiger partial charge >= 0.3 is 0 Å². The molecule has 2 N–H and O–H groups in total. The molecule has 18 heavy (non-hydrogen) atoms. The molecule has 1 saturated heterocycles. The smallest absolute Gasteiger partial charge is 0.245 e. The van der Waals surface area contributed by atoms with Crippen LogP contribution in [0.1, 0.15) is 19.8 Å². The van der Waals surface area contributed by atoms with E-state index in [1.54, 1.807) is 24.3 Å². The van der Waals surface area contributed by atoms with E-state index in [2.05, 4.69) is 15.9 Å². The van der Waals surface area contributed by atoms with Crippen molar-refractivity contribution < 1.29 is 8.42 Å². The van der Waals surface area contributed by atoms with Crippen LogP contribution in [0, 0.1) is 5.92 Å². The Labute approximate surface area is 116 Å². The van der Waals surface area contributed by atoms with Crippen molar-refractivity contribution in [3.8, 4) is 0 Å². The molecule has 0 bridgehead atoms. The third-order valence-electron chi connectivity index (χ3n) is 3.38. The van der Waals surface area contributed by atoms with E-state index >= 15 is 0 Å². The highest BCUT2D eigenvalue weighted by molar-refractivity contribution is 9.10. The molecule has 4 nitrogen and oxygen atoms in total. The van der Waals surface area contributed by atoms with Gasteiger partial charge in [0.25, 0.3) is 0 Å². The van der Waals surface area contributed by atoms with Crippen LogP contribution in [0.4, 0.5) is 0 Å². The van der Waals surface area contributed by atoms with E-state index in [0.29, 0.717) is 11.0 Å². The third-order valence-corrected chi connectivity index (χ3v) is 6.29. The van der Waals surface area contributed by atoms with Crippen LogP contribution in [-0.4, -0.2) is 25.4 Å². The minimum atomic E-state index is -3.51. The van der Waals surface area contributed by atoms with Gasteiger partial charge in [0.2, 0.25) is 10.0 Å². The van der Waals surface area contributed by atoms with Crippen molar-refractivity contribution in [1.82, 2.24) is 4.31 Å². The molecule has 2 atom stereocenters. The second-order valence-corrected chi connectivity index (χ2v) is 7.37. The van der Waals surface area contributed by atoms with Gasteiger partial charge in [-0.1, -0.05) is 19.1 Å². The van der Waals surface area contributed by atoms with E-state index in [9.17, 15) is 8.42 Å². The van der Waals surface area contributed by atoms with Gasteiger partial charge in [-0.05, 0) is 46.8 Å². The molecule has 1 fully saturated rings. The van der Waals surface area contributed by atoms with Crippen LogP contribution in [0.15, 0.2) is 33.6 Å². The van der Waals surface area contributed by atoms with E-state index in [-0.39, 0.29) is 10.8 Å². The number of piperidine rings is 1. The van der Waals surface area contributed by atoms with Crippen molar-refractivity contribution in [3.63, 3.8) is 0 Å². The topological polar surface area (TPSA) is 63.4 Å². The van der Waals surface area contributed by atoms with Gasteiger partial charge in [-0.2, -0.15) is 4.31 Å². The van der Waals surface area contributed by atoms with Gasteiger partial charge in [-0.25, -0.2) is 8.42 Å². The predicted molar refractivity (Wildman–Crippen MR) is 74.4 cm³/mol. The first-order valence-corrected chi connectivity index (χ1v) is 8.20. The fourth-order valence-electron chi connectivity index (χ4n) is 2.23. The molecule has 1 heterocycles. The van der Waals surface area contributed by atoms with E-state index in [1.807, 2.05) is 6.92 Å². The van der Waals surface area contributed by atoms with E-state index in [4.69, 9.17) is 5.73 Å². The lowest BCUT2D eigenvalue weighted by molar-refractivity contribution is 0.192. The first-order chi connectivity index (χ1) is 8.44. The maximum Gasteiger partial charge on any atom is 0.245 e. The minimum absolute atomic E-state index is 0.191. The highest BCUT2D eigenvalue weighted by Crippen LogP contribution is 2.30. The second kappa shape index (κ2) is 5.28. The summed E-state index contributed by atoms with van der Waals surface area (Å²) in [5.41, 5.74) is 6.03. The second-order valence-electron chi connectivity index (χ2n) is 4.66. The average Bonchev–Trinajstić information content (AvgIpc) is 2.32. The van der Waals surface area contributed by atoms with Crippen LogP contribution in [0.25, 0.3) is 0 Å². The van der Waals surface area contributed by atoms with Crippen molar-refractivity contribution in [1.29, 1.82) is 0 Å². The Morgan fingerprint density at radius 3 is 2.72 bits per heavy atom. The summed E-state index contributed by atoms with van der Waals surface area (Å²) in [4.78, 5) is 0.287. The minimum Gasteiger partial charge on any atom is -0.315 e. The summed E-state index contributed by atoms with van der Waals surface area (Å²) in [5.74, 6) is 0.191. The fraction of sp³-hybridized carbons (Fsp3) is 0.500. The molecule has 2 rings (SSSR count). The highest BCUT2D eigenvalue weighted by Gasteiger charge is 2.35. The number of rotatable bonds is 2. The normalized spacial score (nSPS) is 26.2. The Hall–Kier alpha value is -0.430. The summed E-state index contributed by atoms with van der Waals surface area (Å²) in [6, 6.07) is 6.84. The Bertz CT molecular complexity index is 533. The summed E-state index contributed by atoms with van der Waals surface area (Å²) in [6.07, 6.45) is 1.40. The van der Waals surface area contributed by atoms with E-state index in [1.165, 1.54) is 4.31 Å². The Kier molecular flexibility index (Phi) is 4.11. The number of hydrogen-bond acceptors (Lipinski definition) is 3. The van der Waals surface area contributed by atoms with Gasteiger partial charge < -0.3 is 5.73 Å². The number of sulfonamides is 1. The van der Waals surface area contributed by atoms with Gasteiger partial charge in [0.05, 0.1) is 11.1 Å². The Morgan fingerprint density at radius 2 is 2.06 bits per heavy atom. The first kappa shape index (κ1) is 14.0. The van der Waals surface area contributed by atoms with Crippen LogP contribution < -0.4 is 5.73 Å². The largest absolute Gasteiger partial charge is 0.315 e. The lowest BCUT2D eigenvalue weighted by Crippen LogP contribution is -2.52. The molecule has 0 aromatic heterocycles. The summed E-state index contributed by atoms with van der Waals surface area (Å²) in [6.45, 7) is 2.49. The van der Waals surface area contributed by atoms with Crippen LogP contribution in [0.2, 0.25) is 0 Å². The van der Waals surface area contributed by atoms with Gasteiger partial charge in [-0.15, -0.1) is 0 Å². The molecular weight excluding hydrogens is 316 g/mol. The number of nitrogens with zero attached hydrogens (tertiary/aromatic N) is 1. The standard InChI is InChI=1S/C12H17BrN2O2S/c1-9-5-4-8-15(12(9)14)18(16,17)11-7-3-2-6-10(11)13/h2-3,6-7,9,12H,4-5,8,14H2,1H3. The van der Waals surface area contributed by atoms with Gasteiger partial charge in [0.15, 0.2) is 0 Å². The summed E-state index contributed by atoms with van der Waals surface area (Å²) >= 11 is 3.29. The third kappa shape index (κ3) is 2.47. The summed E-state index contributed by atoms with van der Waals surface area (Å²) in [5, 5.41) is 0. The molecule has 1 aromatic rings. The number of nitrogens with two attached hydrogens (primary N) is 1. The molecule has 0 saturated carbocycles. The summed E-state index contributed by atoms with van der Waals surface area (Å²) in [7, 11) is -3.51. The zero-order chi connectivity index (χ0) is 13.3. The number of halogens is 1. The maximum atomic E-state index is 12.6. The quantitative estimate of drug-likeness (QED) is 0.902. The van der Waals surface area contributed by atoms with Gasteiger partial charge in [0.1, 0.15) is 0 Å². The molecule has 1 aliphatic rings. The molecule has 0 spiro atoms. The van der Waals surface area contributed by atoms with Crippen molar-refractivity contribution in [3.05, 3.63) is 28.7 Å². The fourth-order valence-corrected chi connectivity index (χ4v) is 4.85. The van der Waals surface area contributed by atoms with Crippen molar-refractivity contribution in [2.24, 2.45) is 11.7 Å². The van der Waals surface area contributed by atoms with Crippen LogP contribution in [0.5, 0.6) is 0 Å². The summed E-state index contributed by atoms with van der Waals surface area (Å²) < 4.78 is 27.2. The molecular formula is C12H17BrN2O2S. The lowest BCUT2D eigenvalue weighted by Gasteiger charge is -2.36. The first-order valence-electron chi connectivity index (χ1n) is 5.96. The molecule has 6 heteroatoms. The van der Waals surface area contributed by atoms with Crippen LogP contribution in [0.3, 0.4) is 0 Å². The van der Waals surface area contributed by atoms with E-state index < -0.39 is 16.2 Å². The number of benzene rings is 1. The lowest BCUT2D eigenvalue weighted by atomic mass is 9.99. The zero-order valence-electron chi connectivity index (χ0n) is 10.2. The van der Waals surface area contributed by atoms with Gasteiger partial charge in [0, 0.05) is 11.0 Å². The zero-order valence-corrected chi connectivity index (χ0v) is 12.6. The predicted octanol–water partition coefficient (Wildman–Crippen LogP) is 2.15. The SMILES string of the molecule is CC1CCCN(S(=O)(=O)c2ccccc2Br)C1N. The van der Waals surface area contributed by atoms with Crippen molar-refractivity contribution >= 4 is 26.0 Å². The number of hydrogen-bond donors (Lipinski definition) is 1. The molecule has 0 radical (unpaired) electrons. The highest BCUT2D eigenvalue weighted by atomic mass is 79.9. The van der Waals surface area contributed by atoms with Crippen LogP contribution in [-0.2, 0) is 10.0 Å². The molecule has 100 valence electrons. The van der Waals surface area contributed by atoms with Crippen molar-refractivity contribution in [2.45, 2.75) is 30.8 Å².